The van der Waals surface area contributed by atoms with E-state index in [-0.39, 0.29) is 5.94 Å². The van der Waals surface area contributed by atoms with E-state index >= 15 is 0 Å². The number of Topliss-reactive ketones (excluding diaryl/α,β-unsaturated/α-hetero) is 1. The molecule has 2 heterocycles. The minimum absolute atomic E-state index is 0.113. The number of nitrogens with zero attached hydrogens (tertiary/aromatic N) is 1. The predicted molar refractivity (Wildman–Crippen MR) is 151 cm³/mol. The first-order chi connectivity index (χ1) is 17.9. The van der Waals surface area contributed by atoms with Gasteiger partial charge in [0.1, 0.15) is 17.8 Å². The fraction of sp³-hybridized carbons (Fsp3) is 0.690. The van der Waals surface area contributed by atoms with Gasteiger partial charge in [0.25, 0.3) is 0 Å². The zero-order valence-corrected chi connectivity index (χ0v) is 23.6. The number of rotatable bonds is 16. The van der Waals surface area contributed by atoms with Crippen molar-refractivity contribution in [2.45, 2.75) is 103 Å². The fourth-order valence-corrected chi connectivity index (χ4v) is 5.14. The van der Waals surface area contributed by atoms with Crippen molar-refractivity contribution in [3.8, 4) is 0 Å². The molecular formula is C29H48N3O4S+. The van der Waals surface area contributed by atoms with Crippen LogP contribution >= 0.6 is 11.9 Å². The van der Waals surface area contributed by atoms with Crippen LogP contribution in [0.3, 0.4) is 0 Å². The maximum Gasteiger partial charge on any atom is 0.321 e. The molecule has 2 aliphatic rings. The number of unbranched alkanes of at least 4 members (excludes halogenated alkanes) is 4. The van der Waals surface area contributed by atoms with Crippen molar-refractivity contribution in [3.05, 3.63) is 35.5 Å². The lowest BCUT2D eigenvalue weighted by molar-refractivity contribution is -0.579. The third-order valence-electron chi connectivity index (χ3n) is 6.87. The van der Waals surface area contributed by atoms with Crippen LogP contribution in [0.5, 0.6) is 0 Å². The number of aromatic nitrogens is 1. The largest absolute Gasteiger partial charge is 0.480 e. The quantitative estimate of drug-likeness (QED) is 0.105. The van der Waals surface area contributed by atoms with Gasteiger partial charge in [0.2, 0.25) is 5.82 Å². The molecule has 1 aromatic heterocycles. The smallest absolute Gasteiger partial charge is 0.321 e. The normalized spacial score (nSPS) is 16.3. The Kier molecular flexibility index (Phi) is 15.7. The number of aliphatic carboxylic acids is 1. The van der Waals surface area contributed by atoms with Gasteiger partial charge < -0.3 is 10.2 Å². The van der Waals surface area contributed by atoms with Crippen LogP contribution in [0.25, 0.3) is 0 Å². The lowest BCUT2D eigenvalue weighted by atomic mass is 9.81. The van der Waals surface area contributed by atoms with Crippen molar-refractivity contribution in [1.82, 2.24) is 9.71 Å². The van der Waals surface area contributed by atoms with Crippen LogP contribution in [0.15, 0.2) is 24.3 Å². The zero-order chi connectivity index (χ0) is 26.9. The number of fused-ring (bicyclic) bond motifs is 1. The zero-order valence-electron chi connectivity index (χ0n) is 22.8. The van der Waals surface area contributed by atoms with Gasteiger partial charge in [-0.15, -0.1) is 0 Å². The van der Waals surface area contributed by atoms with E-state index in [1.165, 1.54) is 29.9 Å². The average Bonchev–Trinajstić information content (AvgIpc) is 2.86. The van der Waals surface area contributed by atoms with Gasteiger partial charge in [-0.25, -0.2) is 9.71 Å². The van der Waals surface area contributed by atoms with Crippen LogP contribution in [0.4, 0.5) is 5.82 Å². The Hall–Kier alpha value is -1.74. The molecule has 37 heavy (non-hydrogen) atoms. The molecule has 0 saturated heterocycles. The number of carbonyl (C=O) groups excluding carboxylic acids is 1. The second-order valence-corrected chi connectivity index (χ2v) is 11.4. The maximum atomic E-state index is 11.1. The van der Waals surface area contributed by atoms with Crippen LogP contribution in [0.1, 0.15) is 95.7 Å². The number of hydrogen-bond acceptors (Lipinski definition) is 6. The molecule has 1 unspecified atom stereocenters. The van der Waals surface area contributed by atoms with Crippen molar-refractivity contribution in [2.24, 2.45) is 11.8 Å². The van der Waals surface area contributed by atoms with Gasteiger partial charge in [0.05, 0.1) is 6.54 Å². The molecule has 0 spiro atoms. The highest BCUT2D eigenvalue weighted by Crippen LogP contribution is 2.27. The summed E-state index contributed by atoms with van der Waals surface area (Å²) in [5.41, 5.74) is 2.57. The third-order valence-corrected chi connectivity index (χ3v) is 7.45. The fourth-order valence-electron chi connectivity index (χ4n) is 4.65. The minimum atomic E-state index is -0.851. The molecular weight excluding hydrogens is 486 g/mol. The SMILES string of the molecule is CC(C)C=CCCC1CC(=O)C1.O=C(O)C(CCCCCCCc1ccc2c(n1)[NH2+]CCC2)NSCO. The summed E-state index contributed by atoms with van der Waals surface area (Å²) < 4.78 is 2.77. The minimum Gasteiger partial charge on any atom is -0.480 e. The second kappa shape index (κ2) is 18.5. The topological polar surface area (TPSA) is 116 Å². The molecule has 3 rings (SSSR count). The molecule has 1 atom stereocenters. The summed E-state index contributed by atoms with van der Waals surface area (Å²) in [6.07, 6.45) is 17.9. The molecule has 0 aromatic carbocycles. The summed E-state index contributed by atoms with van der Waals surface area (Å²) >= 11 is 1.04. The summed E-state index contributed by atoms with van der Waals surface area (Å²) in [4.78, 5) is 26.5. The van der Waals surface area contributed by atoms with Gasteiger partial charge in [-0.2, -0.15) is 0 Å². The Balaban J connectivity index is 0.000000335. The van der Waals surface area contributed by atoms with E-state index in [0.29, 0.717) is 24.0 Å². The predicted octanol–water partition coefficient (Wildman–Crippen LogP) is 4.70. The number of allylic oxidation sites excluding steroid dienone is 2. The van der Waals surface area contributed by atoms with Crippen LogP contribution < -0.4 is 10.0 Å². The molecule has 1 saturated carbocycles. The maximum absolute atomic E-state index is 11.1. The van der Waals surface area contributed by atoms with E-state index < -0.39 is 12.0 Å². The molecule has 1 fully saturated rings. The summed E-state index contributed by atoms with van der Waals surface area (Å²) in [7, 11) is 0. The van der Waals surface area contributed by atoms with Crippen LogP contribution in [-0.4, -0.2) is 45.5 Å². The number of aliphatic hydroxyl groups excluding tert-OH is 1. The highest BCUT2D eigenvalue weighted by molar-refractivity contribution is 7.97. The van der Waals surface area contributed by atoms with Crippen LogP contribution in [0, 0.1) is 11.8 Å². The van der Waals surface area contributed by atoms with Gasteiger partial charge >= 0.3 is 5.97 Å². The first kappa shape index (κ1) is 31.5. The second-order valence-electron chi connectivity index (χ2n) is 10.6. The highest BCUT2D eigenvalue weighted by atomic mass is 32.2. The molecule has 0 amide bonds. The van der Waals surface area contributed by atoms with E-state index in [1.807, 2.05) is 0 Å². The number of quaternary nitrogens is 1. The van der Waals surface area contributed by atoms with Crippen LogP contribution in [-0.2, 0) is 22.4 Å². The van der Waals surface area contributed by atoms with Crippen LogP contribution in [0.2, 0.25) is 0 Å². The van der Waals surface area contributed by atoms with E-state index in [1.54, 1.807) is 0 Å². The van der Waals surface area contributed by atoms with Gasteiger partial charge in [0, 0.05) is 30.5 Å². The van der Waals surface area contributed by atoms with Crippen molar-refractivity contribution in [1.29, 1.82) is 0 Å². The van der Waals surface area contributed by atoms with Crippen molar-refractivity contribution in [2.75, 3.05) is 12.5 Å². The summed E-state index contributed by atoms with van der Waals surface area (Å²) in [6.45, 7) is 5.51. The van der Waals surface area contributed by atoms with Gasteiger partial charge in [-0.1, -0.05) is 63.6 Å². The number of nitrogens with one attached hydrogen (secondary N) is 1. The Morgan fingerprint density at radius 3 is 2.68 bits per heavy atom. The molecule has 0 bridgehead atoms. The van der Waals surface area contributed by atoms with Gasteiger partial charge in [-0.05, 0) is 62.5 Å². The molecule has 8 heteroatoms. The number of carboxylic acids is 1. The number of carboxylic acid groups (broad SMARTS) is 1. The monoisotopic (exact) mass is 534 g/mol. The summed E-state index contributed by atoms with van der Waals surface area (Å²) in [6, 6.07) is 3.82. The third kappa shape index (κ3) is 13.6. The molecule has 7 nitrogen and oxygen atoms in total. The Morgan fingerprint density at radius 1 is 1.22 bits per heavy atom. The van der Waals surface area contributed by atoms with E-state index in [0.717, 1.165) is 82.7 Å². The Morgan fingerprint density at radius 2 is 1.97 bits per heavy atom. The molecule has 1 aromatic rings. The van der Waals surface area contributed by atoms with Crippen molar-refractivity contribution in [3.63, 3.8) is 0 Å². The molecule has 1 aliphatic heterocycles. The number of aliphatic hydroxyl groups is 1. The van der Waals surface area contributed by atoms with E-state index in [4.69, 9.17) is 15.2 Å². The lowest BCUT2D eigenvalue weighted by Gasteiger charge is -2.22. The molecule has 5 N–H and O–H groups in total. The molecule has 208 valence electrons. The van der Waals surface area contributed by atoms with Crippen molar-refractivity contribution >= 4 is 29.5 Å². The number of aryl methyl sites for hydroxylation is 2. The lowest BCUT2D eigenvalue weighted by Crippen LogP contribution is -2.80. The number of carbonyl (C=O) groups is 2. The summed E-state index contributed by atoms with van der Waals surface area (Å²) in [5.74, 6) is 2.04. The number of ketones is 1. The molecule has 0 radical (unpaired) electrons. The Labute approximate surface area is 227 Å². The summed E-state index contributed by atoms with van der Waals surface area (Å²) in [5, 5.41) is 20.1. The number of hydrogen-bond donors (Lipinski definition) is 4. The first-order valence-electron chi connectivity index (χ1n) is 14.1. The van der Waals surface area contributed by atoms with Gasteiger partial charge in [0.15, 0.2) is 0 Å². The number of nitrogens with two attached hydrogens (primary N) is 1. The average molecular weight is 535 g/mol. The standard InChI is InChI=1S/C18H29N3O3S.C11H18O/c22-13-25-21-16(18(23)24)9-5-3-1-2-4-8-15-11-10-14-7-6-12-19-17(14)20-15;1-9(2)5-3-4-6-10-7-11(12)8-10/h10-11,16,21-22H,1-9,12-13H2,(H,19,20)(H,23,24);3,5,9-10H,4,6-8H2,1-2H3/p+1. The van der Waals surface area contributed by atoms with Crippen molar-refractivity contribution < 1.29 is 25.1 Å². The highest BCUT2D eigenvalue weighted by Gasteiger charge is 2.25. The first-order valence-corrected chi connectivity index (χ1v) is 15.1. The van der Waals surface area contributed by atoms with Gasteiger partial charge in [-0.3, -0.25) is 14.9 Å². The Bertz CT molecular complexity index is 838. The molecule has 1 aliphatic carbocycles. The van der Waals surface area contributed by atoms with E-state index in [2.05, 4.69) is 48.2 Å². The number of pyridine rings is 1. The van der Waals surface area contributed by atoms with E-state index in [9.17, 15) is 9.59 Å².